The molecule has 1 amide bonds. The highest BCUT2D eigenvalue weighted by Crippen LogP contribution is 2.23. The largest absolute Gasteiger partial charge is 0.461 e. The van der Waals surface area contributed by atoms with Crippen LogP contribution in [-0.2, 0) is 11.2 Å². The Hall–Kier alpha value is -3.00. The average Bonchev–Trinajstić information content (AvgIpc) is 3.38. The molecule has 8 nitrogen and oxygen atoms in total. The first-order chi connectivity index (χ1) is 12.8. The summed E-state index contributed by atoms with van der Waals surface area (Å²) in [6.45, 7) is 2.17. The van der Waals surface area contributed by atoms with E-state index in [1.165, 1.54) is 0 Å². The molecule has 134 valence electrons. The average molecular weight is 353 g/mol. The van der Waals surface area contributed by atoms with Crippen LogP contribution in [0.15, 0.2) is 51.9 Å². The van der Waals surface area contributed by atoms with Crippen molar-refractivity contribution in [3.63, 3.8) is 0 Å². The molecule has 0 aliphatic carbocycles. The smallest absolute Gasteiger partial charge is 0.238 e. The second-order valence-electron chi connectivity index (χ2n) is 6.08. The number of piperazine rings is 1. The van der Waals surface area contributed by atoms with Gasteiger partial charge < -0.3 is 19.2 Å². The highest BCUT2D eigenvalue weighted by Gasteiger charge is 2.28. The van der Waals surface area contributed by atoms with Crippen LogP contribution in [0.4, 0.5) is 0 Å². The number of aromatic nitrogens is 3. The summed E-state index contributed by atoms with van der Waals surface area (Å²) in [7, 11) is 0. The van der Waals surface area contributed by atoms with Gasteiger partial charge in [-0.15, -0.1) is 0 Å². The molecule has 26 heavy (non-hydrogen) atoms. The zero-order valence-corrected chi connectivity index (χ0v) is 14.2. The lowest BCUT2D eigenvalue weighted by molar-refractivity contribution is -0.134. The number of furan rings is 1. The van der Waals surface area contributed by atoms with Gasteiger partial charge >= 0.3 is 0 Å². The van der Waals surface area contributed by atoms with Gasteiger partial charge in [-0.1, -0.05) is 11.2 Å². The number of carbonyl (C=O) groups is 1. The molecular weight excluding hydrogens is 334 g/mol. The Balaban J connectivity index is 1.40. The molecule has 8 heteroatoms. The van der Waals surface area contributed by atoms with E-state index in [0.29, 0.717) is 36.9 Å². The number of hydrogen-bond donors (Lipinski definition) is 1. The maximum Gasteiger partial charge on any atom is 0.238 e. The number of hydrogen-bond acceptors (Lipinski definition) is 7. The Morgan fingerprint density at radius 2 is 2.31 bits per heavy atom. The molecule has 0 radical (unpaired) electrons. The number of nitrogens with zero attached hydrogens (tertiary/aromatic N) is 4. The first-order valence-electron chi connectivity index (χ1n) is 8.58. The fraction of sp³-hybridized carbons (Fsp3) is 0.333. The van der Waals surface area contributed by atoms with Crippen LogP contribution < -0.4 is 5.32 Å². The van der Waals surface area contributed by atoms with Crippen molar-refractivity contribution >= 4 is 5.91 Å². The summed E-state index contributed by atoms with van der Waals surface area (Å²) in [6, 6.07) is 7.41. The van der Waals surface area contributed by atoms with Crippen molar-refractivity contribution in [2.45, 2.75) is 18.9 Å². The fourth-order valence-electron chi connectivity index (χ4n) is 3.09. The normalized spacial score (nSPS) is 17.4. The second-order valence-corrected chi connectivity index (χ2v) is 6.08. The van der Waals surface area contributed by atoms with Gasteiger partial charge in [0.2, 0.25) is 17.6 Å². The van der Waals surface area contributed by atoms with Gasteiger partial charge in [-0.2, -0.15) is 4.98 Å². The highest BCUT2D eigenvalue weighted by molar-refractivity contribution is 5.77. The summed E-state index contributed by atoms with van der Waals surface area (Å²) >= 11 is 0. The molecular formula is C18H19N5O3. The Labute approximate surface area is 150 Å². The SMILES string of the molecule is O=C(CCc1nc(-c2ccco2)no1)N1CCNCC1c1cccnc1. The van der Waals surface area contributed by atoms with Crippen LogP contribution in [0.1, 0.15) is 23.9 Å². The minimum absolute atomic E-state index is 0.00804. The number of rotatable bonds is 5. The van der Waals surface area contributed by atoms with E-state index in [4.69, 9.17) is 8.94 Å². The van der Waals surface area contributed by atoms with Gasteiger partial charge in [0.05, 0.1) is 12.3 Å². The molecule has 1 saturated heterocycles. The van der Waals surface area contributed by atoms with Crippen molar-refractivity contribution in [1.82, 2.24) is 25.3 Å². The fourth-order valence-corrected chi connectivity index (χ4v) is 3.09. The van der Waals surface area contributed by atoms with Gasteiger partial charge in [-0.3, -0.25) is 9.78 Å². The topological polar surface area (TPSA) is 97.3 Å². The van der Waals surface area contributed by atoms with E-state index in [0.717, 1.165) is 18.7 Å². The summed E-state index contributed by atoms with van der Waals surface area (Å²) in [4.78, 5) is 23.1. The van der Waals surface area contributed by atoms with Gasteiger partial charge in [-0.05, 0) is 23.8 Å². The zero-order valence-electron chi connectivity index (χ0n) is 14.2. The molecule has 0 saturated carbocycles. The van der Waals surface area contributed by atoms with Crippen LogP contribution in [0.25, 0.3) is 11.6 Å². The third-order valence-electron chi connectivity index (χ3n) is 4.40. The predicted octanol–water partition coefficient (Wildman–Crippen LogP) is 1.83. The van der Waals surface area contributed by atoms with Crippen LogP contribution in [0, 0.1) is 0 Å². The standard InChI is InChI=1S/C18H19N5O3/c24-17(6-5-16-21-18(22-26-16)15-4-2-10-25-15)23-9-8-20-12-14(23)13-3-1-7-19-11-13/h1-4,7,10-11,14,20H,5-6,8-9,12H2. The minimum atomic E-state index is -0.00804. The highest BCUT2D eigenvalue weighted by atomic mass is 16.5. The molecule has 3 aromatic heterocycles. The number of amides is 1. The first-order valence-corrected chi connectivity index (χ1v) is 8.58. The third kappa shape index (κ3) is 3.50. The van der Waals surface area contributed by atoms with Gasteiger partial charge in [0.25, 0.3) is 0 Å². The third-order valence-corrected chi connectivity index (χ3v) is 4.40. The molecule has 0 aromatic carbocycles. The van der Waals surface area contributed by atoms with Gasteiger partial charge in [-0.25, -0.2) is 0 Å². The summed E-state index contributed by atoms with van der Waals surface area (Å²) < 4.78 is 10.5. The van der Waals surface area contributed by atoms with E-state index in [2.05, 4.69) is 20.4 Å². The lowest BCUT2D eigenvalue weighted by Crippen LogP contribution is -2.48. The number of aryl methyl sites for hydroxylation is 1. The monoisotopic (exact) mass is 353 g/mol. The van der Waals surface area contributed by atoms with Crippen LogP contribution in [0.5, 0.6) is 0 Å². The van der Waals surface area contributed by atoms with Crippen LogP contribution in [0.2, 0.25) is 0 Å². The molecule has 1 aliphatic rings. The molecule has 1 unspecified atom stereocenters. The van der Waals surface area contributed by atoms with E-state index in [1.807, 2.05) is 23.2 Å². The molecule has 1 aliphatic heterocycles. The summed E-state index contributed by atoms with van der Waals surface area (Å²) in [5, 5.41) is 7.23. The summed E-state index contributed by atoms with van der Waals surface area (Å²) in [5.74, 6) is 1.44. The minimum Gasteiger partial charge on any atom is -0.461 e. The van der Waals surface area contributed by atoms with E-state index >= 15 is 0 Å². The number of carbonyl (C=O) groups excluding carboxylic acids is 1. The van der Waals surface area contributed by atoms with Crippen LogP contribution in [-0.4, -0.2) is 45.6 Å². The first kappa shape index (κ1) is 16.5. The molecule has 0 spiro atoms. The van der Waals surface area contributed by atoms with Crippen molar-refractivity contribution < 1.29 is 13.7 Å². The maximum absolute atomic E-state index is 12.8. The quantitative estimate of drug-likeness (QED) is 0.747. The van der Waals surface area contributed by atoms with Crippen molar-refractivity contribution in [2.75, 3.05) is 19.6 Å². The molecule has 0 bridgehead atoms. The lowest BCUT2D eigenvalue weighted by Gasteiger charge is -2.36. The molecule has 1 atom stereocenters. The number of pyridine rings is 1. The number of nitrogens with one attached hydrogen (secondary N) is 1. The Kier molecular flexibility index (Phi) is 4.74. The second kappa shape index (κ2) is 7.49. The zero-order chi connectivity index (χ0) is 17.8. The van der Waals surface area contributed by atoms with Gasteiger partial charge in [0.15, 0.2) is 5.76 Å². The van der Waals surface area contributed by atoms with E-state index in [1.54, 1.807) is 24.6 Å². The van der Waals surface area contributed by atoms with Gasteiger partial charge in [0.1, 0.15) is 0 Å². The van der Waals surface area contributed by atoms with Crippen molar-refractivity contribution in [2.24, 2.45) is 0 Å². The van der Waals surface area contributed by atoms with E-state index in [9.17, 15) is 4.79 Å². The van der Waals surface area contributed by atoms with Crippen molar-refractivity contribution in [3.8, 4) is 11.6 Å². The Morgan fingerprint density at radius 1 is 1.35 bits per heavy atom. The Morgan fingerprint density at radius 3 is 3.12 bits per heavy atom. The Bertz CT molecular complexity index is 847. The molecule has 3 aromatic rings. The van der Waals surface area contributed by atoms with Gasteiger partial charge in [0, 0.05) is 44.9 Å². The van der Waals surface area contributed by atoms with Crippen LogP contribution in [0.3, 0.4) is 0 Å². The molecule has 1 fully saturated rings. The summed E-state index contributed by atoms with van der Waals surface area (Å²) in [5.41, 5.74) is 1.03. The predicted molar refractivity (Wildman–Crippen MR) is 91.9 cm³/mol. The molecule has 4 heterocycles. The van der Waals surface area contributed by atoms with E-state index in [-0.39, 0.29) is 11.9 Å². The van der Waals surface area contributed by atoms with E-state index < -0.39 is 0 Å². The van der Waals surface area contributed by atoms with Crippen molar-refractivity contribution in [1.29, 1.82) is 0 Å². The summed E-state index contributed by atoms with van der Waals surface area (Å²) in [6.07, 6.45) is 5.81. The maximum atomic E-state index is 12.8. The molecule has 4 rings (SSSR count). The molecule has 1 N–H and O–H groups in total. The van der Waals surface area contributed by atoms with Crippen molar-refractivity contribution in [3.05, 3.63) is 54.4 Å². The van der Waals surface area contributed by atoms with Crippen LogP contribution >= 0.6 is 0 Å². The lowest BCUT2D eigenvalue weighted by atomic mass is 10.0.